The van der Waals surface area contributed by atoms with Gasteiger partial charge in [0, 0.05) is 29.8 Å². The van der Waals surface area contributed by atoms with Crippen LogP contribution in [0.2, 0.25) is 0 Å². The lowest BCUT2D eigenvalue weighted by Crippen LogP contribution is -2.37. The van der Waals surface area contributed by atoms with Crippen molar-refractivity contribution in [3.8, 4) is 17.2 Å². The predicted octanol–water partition coefficient (Wildman–Crippen LogP) is 3.45. The topological polar surface area (TPSA) is 86.3 Å². The number of Topliss-reactive ketones (excluding diaryl/α,β-unsaturated/α-hetero) is 1. The van der Waals surface area contributed by atoms with Crippen LogP contribution in [0.5, 0.6) is 17.2 Å². The first-order valence-corrected chi connectivity index (χ1v) is 12.1. The van der Waals surface area contributed by atoms with Gasteiger partial charge in [0.2, 0.25) is 5.78 Å². The first-order valence-electron chi connectivity index (χ1n) is 11.4. The molecule has 2 heterocycles. The summed E-state index contributed by atoms with van der Waals surface area (Å²) in [5.74, 6) is 0.0149. The zero-order valence-electron chi connectivity index (χ0n) is 20.6. The van der Waals surface area contributed by atoms with Gasteiger partial charge in [0.1, 0.15) is 28.7 Å². The second-order valence-electron chi connectivity index (χ2n) is 8.69. The molecule has 0 radical (unpaired) electrons. The third-order valence-electron chi connectivity index (χ3n) is 6.41. The third kappa shape index (κ3) is 4.79. The fourth-order valence-corrected chi connectivity index (χ4v) is 4.89. The predicted molar refractivity (Wildman–Crippen MR) is 136 cm³/mol. The number of rotatable bonds is 8. The number of methoxy groups -OCH3 is 3. The summed E-state index contributed by atoms with van der Waals surface area (Å²) in [6, 6.07) is 5.07. The Morgan fingerprint density at radius 2 is 1.81 bits per heavy atom. The van der Waals surface area contributed by atoms with E-state index in [1.54, 1.807) is 29.7 Å². The van der Waals surface area contributed by atoms with E-state index < -0.39 is 10.2 Å². The van der Waals surface area contributed by atoms with Gasteiger partial charge in [-0.1, -0.05) is 23.2 Å². The number of morpholine rings is 1. The van der Waals surface area contributed by atoms with Gasteiger partial charge in [0.25, 0.3) is 5.84 Å². The van der Waals surface area contributed by atoms with E-state index in [2.05, 4.69) is 4.90 Å². The molecule has 0 spiro atoms. The highest BCUT2D eigenvalue weighted by Crippen LogP contribution is 2.45. The van der Waals surface area contributed by atoms with Crippen molar-refractivity contribution in [2.45, 2.75) is 17.8 Å². The number of halogens is 3. The summed E-state index contributed by atoms with van der Waals surface area (Å²) in [5.41, 5.74) is 8.68. The smallest absolute Gasteiger partial charge is 0.279 e. The number of anilines is 1. The second-order valence-corrected chi connectivity index (χ2v) is 10.4. The normalized spacial score (nSPS) is 15.7. The van der Waals surface area contributed by atoms with Crippen LogP contribution in [0, 0.1) is 5.82 Å². The molecule has 0 unspecified atom stereocenters. The van der Waals surface area contributed by atoms with E-state index in [9.17, 15) is 4.79 Å². The molecule has 4 rings (SSSR count). The Morgan fingerprint density at radius 3 is 2.39 bits per heavy atom. The summed E-state index contributed by atoms with van der Waals surface area (Å²) < 4.78 is 37.0. The molecule has 0 amide bonds. The molecule has 0 atom stereocenters. The molecule has 2 aliphatic heterocycles. The number of hydrogen-bond donors (Lipinski definition) is 1. The van der Waals surface area contributed by atoms with Crippen molar-refractivity contribution < 1.29 is 32.7 Å². The first kappa shape index (κ1) is 26.3. The van der Waals surface area contributed by atoms with E-state index in [1.165, 1.54) is 21.3 Å². The molecule has 0 aromatic heterocycles. The van der Waals surface area contributed by atoms with Crippen LogP contribution < -0.4 is 24.8 Å². The quantitative estimate of drug-likeness (QED) is 0.311. The zero-order valence-corrected chi connectivity index (χ0v) is 22.1. The Kier molecular flexibility index (Phi) is 7.54. The molecular weight excluding hydrogens is 512 g/mol. The Balaban J connectivity index is 1.72. The van der Waals surface area contributed by atoms with Crippen molar-refractivity contribution in [2.24, 2.45) is 5.73 Å². The van der Waals surface area contributed by atoms with E-state index in [0.29, 0.717) is 54.4 Å². The van der Waals surface area contributed by atoms with E-state index >= 15 is 4.39 Å². The number of nitrogens with zero attached hydrogens (tertiary/aromatic N) is 2. The molecule has 0 aliphatic carbocycles. The summed E-state index contributed by atoms with van der Waals surface area (Å²) in [6.45, 7) is 4.13. The lowest BCUT2D eigenvalue weighted by Gasteiger charge is -2.32. The Hall–Kier alpha value is -2.75. The molecule has 36 heavy (non-hydrogen) atoms. The van der Waals surface area contributed by atoms with Crippen molar-refractivity contribution in [1.82, 2.24) is 0 Å². The number of carbonyl (C=O) groups is 1. The van der Waals surface area contributed by atoms with E-state index in [4.69, 9.17) is 47.9 Å². The number of nitrogens with two attached hydrogens (primary N) is 1. The van der Waals surface area contributed by atoms with E-state index in [1.807, 2.05) is 0 Å². The molecule has 2 aromatic carbocycles. The van der Waals surface area contributed by atoms with Gasteiger partial charge < -0.3 is 23.8 Å². The average molecular weight is 541 g/mol. The summed E-state index contributed by atoms with van der Waals surface area (Å²) in [6.07, 6.45) is 0. The lowest BCUT2D eigenvalue weighted by molar-refractivity contribution is -0.526. The summed E-state index contributed by atoms with van der Waals surface area (Å²) in [5, 5.41) is 0. The maximum absolute atomic E-state index is 15.2. The number of carbonyl (C=O) groups excluding carboxylic acids is 1. The van der Waals surface area contributed by atoms with Gasteiger partial charge in [-0.2, -0.15) is 0 Å². The Morgan fingerprint density at radius 1 is 1.14 bits per heavy atom. The molecule has 8 nitrogen and oxygen atoms in total. The SMILES string of the molecule is COc1cc2c(c(F)c1OC)C(N)=[N+](CC(=O)c1cc(N3CCOCC3)c(OC)c(C(C)(Cl)Cl)c1)C2. The van der Waals surface area contributed by atoms with Gasteiger partial charge in [-0.15, -0.1) is 0 Å². The van der Waals surface area contributed by atoms with E-state index in [0.717, 1.165) is 0 Å². The minimum atomic E-state index is -1.31. The minimum Gasteiger partial charge on any atom is -0.494 e. The van der Waals surface area contributed by atoms with Crippen molar-refractivity contribution in [3.63, 3.8) is 0 Å². The Bertz CT molecular complexity index is 1220. The third-order valence-corrected chi connectivity index (χ3v) is 6.81. The first-order chi connectivity index (χ1) is 17.1. The number of benzene rings is 2. The van der Waals surface area contributed by atoms with Crippen LogP contribution in [-0.2, 0) is 15.6 Å². The molecular formula is C25H29Cl2FN3O5+. The number of hydrogen-bond acceptors (Lipinski definition) is 7. The fourth-order valence-electron chi connectivity index (χ4n) is 4.61. The number of fused-ring (bicyclic) bond motifs is 1. The summed E-state index contributed by atoms with van der Waals surface area (Å²) in [7, 11) is 4.33. The number of alkyl halides is 2. The van der Waals surface area contributed by atoms with Crippen LogP contribution in [0.3, 0.4) is 0 Å². The van der Waals surface area contributed by atoms with Crippen molar-refractivity contribution in [3.05, 3.63) is 46.3 Å². The van der Waals surface area contributed by atoms with Crippen LogP contribution in [0.25, 0.3) is 0 Å². The number of amidine groups is 1. The molecule has 0 saturated carbocycles. The standard InChI is InChI=1S/C25H28Cl2FN3O5/c1-25(26,27)16-9-14(10-17(22(16)34-3)30-5-7-36-8-6-30)18(32)13-31-12-15-11-19(33-2)23(35-4)21(28)20(15)24(31)29/h9-11,29H,5-8,12-13H2,1-4H3/p+1. The van der Waals surface area contributed by atoms with Crippen LogP contribution in [0.1, 0.15) is 34.0 Å². The number of ketones is 1. The monoisotopic (exact) mass is 540 g/mol. The van der Waals surface area contributed by atoms with Crippen molar-refractivity contribution >= 4 is 40.5 Å². The molecule has 1 fully saturated rings. The highest BCUT2D eigenvalue weighted by molar-refractivity contribution is 6.48. The van der Waals surface area contributed by atoms with E-state index in [-0.39, 0.29) is 41.8 Å². The molecule has 2 aromatic rings. The Labute approximate surface area is 219 Å². The average Bonchev–Trinajstić information content (AvgIpc) is 3.17. The summed E-state index contributed by atoms with van der Waals surface area (Å²) in [4.78, 5) is 15.6. The molecule has 1 saturated heterocycles. The van der Waals surface area contributed by atoms with Gasteiger partial charge in [0.05, 0.1) is 40.2 Å². The maximum Gasteiger partial charge on any atom is 0.279 e. The van der Waals surface area contributed by atoms with Gasteiger partial charge in [-0.05, 0) is 25.1 Å². The van der Waals surface area contributed by atoms with Crippen LogP contribution in [0.4, 0.5) is 10.1 Å². The van der Waals surface area contributed by atoms with Crippen molar-refractivity contribution in [2.75, 3.05) is 59.1 Å². The van der Waals surface area contributed by atoms with Crippen LogP contribution in [0.15, 0.2) is 18.2 Å². The summed E-state index contributed by atoms with van der Waals surface area (Å²) >= 11 is 13.0. The molecule has 194 valence electrons. The zero-order chi connectivity index (χ0) is 26.2. The molecule has 0 bridgehead atoms. The van der Waals surface area contributed by atoms with Gasteiger partial charge in [0.15, 0.2) is 17.3 Å². The molecule has 11 heteroatoms. The van der Waals surface area contributed by atoms with Crippen LogP contribution >= 0.6 is 23.2 Å². The molecule has 2 N–H and O–H groups in total. The fraction of sp³-hybridized carbons (Fsp3) is 0.440. The number of ether oxygens (including phenoxy) is 4. The molecule has 2 aliphatic rings. The van der Waals surface area contributed by atoms with Crippen molar-refractivity contribution in [1.29, 1.82) is 0 Å². The highest BCUT2D eigenvalue weighted by Gasteiger charge is 2.35. The second kappa shape index (κ2) is 10.3. The largest absolute Gasteiger partial charge is 0.494 e. The van der Waals surface area contributed by atoms with Gasteiger partial charge in [-0.25, -0.2) is 8.97 Å². The van der Waals surface area contributed by atoms with Crippen LogP contribution in [-0.4, -0.2) is 70.4 Å². The van der Waals surface area contributed by atoms with Gasteiger partial charge >= 0.3 is 0 Å². The maximum atomic E-state index is 15.2. The highest BCUT2D eigenvalue weighted by atomic mass is 35.5. The lowest BCUT2D eigenvalue weighted by atomic mass is 10.0. The van der Waals surface area contributed by atoms with Gasteiger partial charge in [-0.3, -0.25) is 10.5 Å². The minimum absolute atomic E-state index is 0.0363.